The minimum Gasteiger partial charge on any atom is -0.325 e. The molecule has 0 saturated heterocycles. The van der Waals surface area contributed by atoms with Crippen molar-refractivity contribution in [3.8, 4) is 0 Å². The second-order valence-corrected chi connectivity index (χ2v) is 6.87. The number of benzene rings is 3. The summed E-state index contributed by atoms with van der Waals surface area (Å²) in [6, 6.07) is 23.8. The van der Waals surface area contributed by atoms with Gasteiger partial charge >= 0.3 is 0 Å². The topological polar surface area (TPSA) is 46.2 Å². The molecule has 0 aliphatic rings. The zero-order valence-corrected chi connectivity index (χ0v) is 15.9. The SMILES string of the molecule is CC(C(=O)Nc1ccccc1Br)c1cccc(C(=O)c2ccccc2)c1. The van der Waals surface area contributed by atoms with Gasteiger partial charge in [-0.1, -0.05) is 60.7 Å². The first-order valence-corrected chi connectivity index (χ1v) is 9.10. The van der Waals surface area contributed by atoms with E-state index in [1.165, 1.54) is 0 Å². The van der Waals surface area contributed by atoms with Gasteiger partial charge in [0.05, 0.1) is 11.6 Å². The van der Waals surface area contributed by atoms with Crippen molar-refractivity contribution in [2.45, 2.75) is 12.8 Å². The fourth-order valence-electron chi connectivity index (χ4n) is 2.66. The Hall–Kier alpha value is -2.72. The van der Waals surface area contributed by atoms with Crippen LogP contribution < -0.4 is 5.32 Å². The van der Waals surface area contributed by atoms with E-state index in [0.29, 0.717) is 11.1 Å². The van der Waals surface area contributed by atoms with Crippen LogP contribution in [0.1, 0.15) is 34.3 Å². The molecule has 1 amide bonds. The van der Waals surface area contributed by atoms with Gasteiger partial charge in [-0.15, -0.1) is 0 Å². The van der Waals surface area contributed by atoms with Crippen molar-refractivity contribution in [2.24, 2.45) is 0 Å². The van der Waals surface area contributed by atoms with Crippen molar-refractivity contribution in [3.63, 3.8) is 0 Å². The third kappa shape index (κ3) is 4.09. The lowest BCUT2D eigenvalue weighted by atomic mass is 9.95. The van der Waals surface area contributed by atoms with Crippen molar-refractivity contribution in [1.82, 2.24) is 0 Å². The van der Waals surface area contributed by atoms with Gasteiger partial charge in [-0.3, -0.25) is 9.59 Å². The summed E-state index contributed by atoms with van der Waals surface area (Å²) < 4.78 is 0.827. The number of para-hydroxylation sites is 1. The number of carbonyl (C=O) groups is 2. The molecule has 130 valence electrons. The van der Waals surface area contributed by atoms with E-state index in [-0.39, 0.29) is 17.6 Å². The van der Waals surface area contributed by atoms with Crippen molar-refractivity contribution in [3.05, 3.63) is 100 Å². The second-order valence-electron chi connectivity index (χ2n) is 6.01. The van der Waals surface area contributed by atoms with Gasteiger partial charge in [0.1, 0.15) is 0 Å². The van der Waals surface area contributed by atoms with Gasteiger partial charge in [0, 0.05) is 15.6 Å². The Labute approximate surface area is 161 Å². The van der Waals surface area contributed by atoms with Gasteiger partial charge in [0.2, 0.25) is 5.91 Å². The zero-order valence-electron chi connectivity index (χ0n) is 14.3. The van der Waals surface area contributed by atoms with E-state index < -0.39 is 0 Å². The molecule has 1 N–H and O–H groups in total. The van der Waals surface area contributed by atoms with Crippen LogP contribution in [0.15, 0.2) is 83.3 Å². The maximum absolute atomic E-state index is 12.6. The molecule has 0 saturated carbocycles. The molecule has 0 bridgehead atoms. The van der Waals surface area contributed by atoms with Crippen LogP contribution in [-0.2, 0) is 4.79 Å². The molecule has 4 heteroatoms. The van der Waals surface area contributed by atoms with E-state index in [1.807, 2.05) is 61.5 Å². The average molecular weight is 408 g/mol. The standard InChI is InChI=1S/C22H18BrNO2/c1-15(22(26)24-20-13-6-5-12-19(20)23)17-10-7-11-18(14-17)21(25)16-8-3-2-4-9-16/h2-15H,1H3,(H,24,26). The Bertz CT molecular complexity index is 938. The number of carbonyl (C=O) groups excluding carboxylic acids is 2. The lowest BCUT2D eigenvalue weighted by Gasteiger charge is -2.14. The summed E-state index contributed by atoms with van der Waals surface area (Å²) in [4.78, 5) is 25.2. The van der Waals surface area contributed by atoms with Crippen molar-refractivity contribution in [1.29, 1.82) is 0 Å². The first-order chi connectivity index (χ1) is 12.6. The maximum Gasteiger partial charge on any atom is 0.231 e. The van der Waals surface area contributed by atoms with Gasteiger partial charge in [0.25, 0.3) is 0 Å². The molecular formula is C22H18BrNO2. The smallest absolute Gasteiger partial charge is 0.231 e. The van der Waals surface area contributed by atoms with Crippen molar-refractivity contribution < 1.29 is 9.59 Å². The van der Waals surface area contributed by atoms with Crippen LogP contribution in [0.4, 0.5) is 5.69 Å². The second kappa shape index (κ2) is 8.11. The highest BCUT2D eigenvalue weighted by Gasteiger charge is 2.18. The fraction of sp³-hybridized carbons (Fsp3) is 0.0909. The molecule has 3 rings (SSSR count). The number of halogens is 1. The van der Waals surface area contributed by atoms with Gasteiger partial charge in [-0.2, -0.15) is 0 Å². The van der Waals surface area contributed by atoms with E-state index in [9.17, 15) is 9.59 Å². The van der Waals surface area contributed by atoms with Crippen LogP contribution in [0.25, 0.3) is 0 Å². The number of hydrogen-bond donors (Lipinski definition) is 1. The van der Waals surface area contributed by atoms with Gasteiger partial charge in [0.15, 0.2) is 5.78 Å². The number of rotatable bonds is 5. The van der Waals surface area contributed by atoms with Crippen LogP contribution in [0.2, 0.25) is 0 Å². The third-order valence-electron chi connectivity index (χ3n) is 4.21. The summed E-state index contributed by atoms with van der Waals surface area (Å²) in [6.07, 6.45) is 0. The molecule has 3 nitrogen and oxygen atoms in total. The molecule has 0 spiro atoms. The van der Waals surface area contributed by atoms with Crippen LogP contribution in [0.5, 0.6) is 0 Å². The highest BCUT2D eigenvalue weighted by Crippen LogP contribution is 2.24. The Morgan fingerprint density at radius 2 is 1.50 bits per heavy atom. The largest absolute Gasteiger partial charge is 0.325 e. The van der Waals surface area contributed by atoms with Gasteiger partial charge in [-0.05, 0) is 46.6 Å². The Morgan fingerprint density at radius 1 is 0.846 bits per heavy atom. The minimum atomic E-state index is -0.384. The van der Waals surface area contributed by atoms with Crippen LogP contribution >= 0.6 is 15.9 Å². The molecule has 1 atom stereocenters. The Balaban J connectivity index is 1.80. The number of hydrogen-bond acceptors (Lipinski definition) is 2. The van der Waals surface area contributed by atoms with Crippen LogP contribution in [0.3, 0.4) is 0 Å². The average Bonchev–Trinajstić information content (AvgIpc) is 2.69. The Kier molecular flexibility index (Phi) is 5.64. The summed E-state index contributed by atoms with van der Waals surface area (Å²) in [7, 11) is 0. The van der Waals surface area contributed by atoms with E-state index in [1.54, 1.807) is 24.3 Å². The summed E-state index contributed by atoms with van der Waals surface area (Å²) >= 11 is 3.43. The van der Waals surface area contributed by atoms with Crippen LogP contribution in [0, 0.1) is 0 Å². The molecule has 3 aromatic rings. The number of anilines is 1. The molecule has 0 aliphatic carbocycles. The Morgan fingerprint density at radius 3 is 2.23 bits per heavy atom. The normalized spacial score (nSPS) is 11.6. The van der Waals surface area contributed by atoms with E-state index in [0.717, 1.165) is 15.7 Å². The van der Waals surface area contributed by atoms with E-state index in [4.69, 9.17) is 0 Å². The number of ketones is 1. The summed E-state index contributed by atoms with van der Waals surface area (Å²) in [5.74, 6) is -0.558. The molecular weight excluding hydrogens is 390 g/mol. The molecule has 0 radical (unpaired) electrons. The van der Waals surface area contributed by atoms with Crippen molar-refractivity contribution in [2.75, 3.05) is 5.32 Å². The molecule has 0 heterocycles. The summed E-state index contributed by atoms with van der Waals surface area (Å²) in [5, 5.41) is 2.92. The van der Waals surface area contributed by atoms with E-state index >= 15 is 0 Å². The minimum absolute atomic E-state index is 0.0501. The molecule has 26 heavy (non-hydrogen) atoms. The zero-order chi connectivity index (χ0) is 18.5. The highest BCUT2D eigenvalue weighted by atomic mass is 79.9. The predicted molar refractivity (Wildman–Crippen MR) is 108 cm³/mol. The third-order valence-corrected chi connectivity index (χ3v) is 4.90. The van der Waals surface area contributed by atoms with Gasteiger partial charge < -0.3 is 5.32 Å². The highest BCUT2D eigenvalue weighted by molar-refractivity contribution is 9.10. The molecule has 0 aromatic heterocycles. The molecule has 3 aromatic carbocycles. The number of nitrogens with one attached hydrogen (secondary N) is 1. The molecule has 0 aliphatic heterocycles. The van der Waals surface area contributed by atoms with Crippen LogP contribution in [-0.4, -0.2) is 11.7 Å². The first-order valence-electron chi connectivity index (χ1n) is 8.31. The number of amides is 1. The lowest BCUT2D eigenvalue weighted by molar-refractivity contribution is -0.117. The predicted octanol–water partition coefficient (Wildman–Crippen LogP) is 5.42. The maximum atomic E-state index is 12.6. The summed E-state index contributed by atoms with van der Waals surface area (Å²) in [5.41, 5.74) is 2.74. The van der Waals surface area contributed by atoms with Crippen molar-refractivity contribution >= 4 is 33.3 Å². The fourth-order valence-corrected chi connectivity index (χ4v) is 3.04. The summed E-state index contributed by atoms with van der Waals surface area (Å²) in [6.45, 7) is 1.83. The lowest BCUT2D eigenvalue weighted by Crippen LogP contribution is -2.19. The quantitative estimate of drug-likeness (QED) is 0.573. The molecule has 0 fully saturated rings. The van der Waals surface area contributed by atoms with E-state index in [2.05, 4.69) is 21.2 Å². The first kappa shape index (κ1) is 18.1. The van der Waals surface area contributed by atoms with Gasteiger partial charge in [-0.25, -0.2) is 0 Å². The molecule has 1 unspecified atom stereocenters. The monoisotopic (exact) mass is 407 g/mol.